The van der Waals surface area contributed by atoms with Crippen molar-refractivity contribution >= 4 is 69.1 Å². The third kappa shape index (κ3) is 12.6. The first-order valence-corrected chi connectivity index (χ1v) is 27.1. The maximum absolute atomic E-state index is 13.7. The number of phosphoric ester groups is 1. The van der Waals surface area contributed by atoms with Crippen LogP contribution >= 0.6 is 23.5 Å². The fourth-order valence-electron chi connectivity index (χ4n) is 8.65. The molecule has 0 spiro atoms. The van der Waals surface area contributed by atoms with Crippen LogP contribution in [-0.4, -0.2) is 75.3 Å². The number of aliphatic hydroxyl groups excluding tert-OH is 1. The topological polar surface area (TPSA) is 379 Å². The third-order valence-corrected chi connectivity index (χ3v) is 15.6. The Morgan fingerprint density at radius 3 is 2.50 bits per heavy atom. The van der Waals surface area contributed by atoms with Gasteiger partial charge in [0.25, 0.3) is 12.2 Å². The van der Waals surface area contributed by atoms with Gasteiger partial charge >= 0.3 is 23.5 Å². The Kier molecular flexibility index (Phi) is 16.2. The van der Waals surface area contributed by atoms with Crippen LogP contribution in [0.2, 0.25) is 0 Å². The number of hydrogen-bond donors (Lipinski definition) is 7. The lowest BCUT2D eigenvalue weighted by molar-refractivity contribution is -0.386. The van der Waals surface area contributed by atoms with Gasteiger partial charge in [0.05, 0.1) is 35.9 Å². The number of nitrogen functional groups attached to an aromatic ring is 1. The van der Waals surface area contributed by atoms with Crippen LogP contribution in [0, 0.1) is 27.9 Å². The number of pyridine rings is 1. The van der Waals surface area contributed by atoms with Crippen molar-refractivity contribution in [1.82, 2.24) is 9.55 Å². The van der Waals surface area contributed by atoms with E-state index in [2.05, 4.69) is 30.0 Å². The maximum atomic E-state index is 13.7. The molecule has 5 aromatic rings. The number of Topliss-reactive ketones (excluding diaryl/α,β-unsaturated/α-hetero) is 1. The minimum atomic E-state index is -5.80. The highest BCUT2D eigenvalue weighted by Gasteiger charge is 2.43. The molecule has 2 aliphatic heterocycles. The number of phenolic OH excluding ortho intramolecular Hbond substituents is 1. The van der Waals surface area contributed by atoms with Crippen LogP contribution in [0.15, 0.2) is 100 Å². The number of aliphatic hydroxyl groups is 1. The summed E-state index contributed by atoms with van der Waals surface area (Å²) in [5.74, 6) is 5.36. The van der Waals surface area contributed by atoms with Crippen molar-refractivity contribution in [2.24, 2.45) is 5.92 Å². The summed E-state index contributed by atoms with van der Waals surface area (Å²) in [6, 6.07) is 19.0. The van der Waals surface area contributed by atoms with E-state index in [-0.39, 0.29) is 106 Å². The van der Waals surface area contributed by atoms with Gasteiger partial charge in [-0.1, -0.05) is 25.7 Å². The molecule has 2 aromatic heterocycles. The van der Waals surface area contributed by atoms with Gasteiger partial charge in [0.15, 0.2) is 11.2 Å². The Morgan fingerprint density at radius 1 is 1.00 bits per heavy atom. The summed E-state index contributed by atoms with van der Waals surface area (Å²) in [6.07, 6.45) is -1.78. The zero-order chi connectivity index (χ0) is 54.9. The Labute approximate surface area is 429 Å². The molecule has 1 saturated heterocycles. The maximum Gasteiger partial charge on any atom is 0.490 e. The number of hydrogen-bond acceptors (Lipinski definition) is 19. The van der Waals surface area contributed by atoms with Crippen LogP contribution in [0.4, 0.5) is 11.4 Å². The Balaban J connectivity index is 0.965. The van der Waals surface area contributed by atoms with Gasteiger partial charge in [0, 0.05) is 99.7 Å². The summed E-state index contributed by atoms with van der Waals surface area (Å²) in [6.45, 7) is 2.76. The number of aromatic nitrogens is 2. The monoisotopic (exact) mass is 1110 g/mol. The number of carbonyl (C=O) groups is 2. The fourth-order valence-corrected chi connectivity index (χ4v) is 11.7. The lowest BCUT2D eigenvalue weighted by Crippen LogP contribution is -2.26. The van der Waals surface area contributed by atoms with Crippen LogP contribution in [0.1, 0.15) is 72.5 Å². The minimum Gasteiger partial charge on any atom is -0.508 e. The second-order valence-electron chi connectivity index (χ2n) is 17.5. The highest BCUT2D eigenvalue weighted by molar-refractivity contribution is 7.66. The van der Waals surface area contributed by atoms with E-state index in [1.54, 1.807) is 44.3 Å². The largest absolute Gasteiger partial charge is 0.508 e. The first-order chi connectivity index (χ1) is 35.9. The van der Waals surface area contributed by atoms with Crippen LogP contribution in [0.3, 0.4) is 0 Å². The van der Waals surface area contributed by atoms with E-state index in [9.17, 15) is 58.2 Å². The summed E-state index contributed by atoms with van der Waals surface area (Å²) in [5.41, 5.74) is 9.03. The molecule has 76 heavy (non-hydrogen) atoms. The number of nitro benzene ring substituents is 1. The number of rotatable bonds is 20. The molecule has 3 aliphatic rings. The second-order valence-corrected chi connectivity index (χ2v) is 21.9. The van der Waals surface area contributed by atoms with E-state index >= 15 is 0 Å². The predicted molar refractivity (Wildman–Crippen MR) is 267 cm³/mol. The molecule has 3 unspecified atom stereocenters. The molecular weight excluding hydrogens is 1060 g/mol. The van der Waals surface area contributed by atoms with Crippen LogP contribution in [-0.2, 0) is 47.7 Å². The van der Waals surface area contributed by atoms with E-state index in [4.69, 9.17) is 34.1 Å². The number of anilines is 1. The van der Waals surface area contributed by atoms with Crippen molar-refractivity contribution < 1.29 is 89.8 Å². The number of carbonyl (C=O) groups excluding carboxylic acids is 2. The van der Waals surface area contributed by atoms with Crippen molar-refractivity contribution in [3.05, 3.63) is 134 Å². The normalized spacial score (nSPS) is 17.8. The molecule has 25 nitrogen and oxygen atoms in total. The van der Waals surface area contributed by atoms with Gasteiger partial charge < -0.3 is 58.7 Å². The molecule has 0 bridgehead atoms. The summed E-state index contributed by atoms with van der Waals surface area (Å²) in [7, 11) is -17.0. The third-order valence-electron chi connectivity index (χ3n) is 11.8. The fraction of sp³-hybridized carbons (Fsp3) is 0.250. The van der Waals surface area contributed by atoms with Crippen LogP contribution in [0.5, 0.6) is 11.5 Å². The Hall–Kier alpha value is -6.97. The van der Waals surface area contributed by atoms with Crippen molar-refractivity contribution in [3.8, 4) is 45.8 Å². The van der Waals surface area contributed by atoms with E-state index in [0.717, 1.165) is 0 Å². The van der Waals surface area contributed by atoms with Crippen molar-refractivity contribution in [2.45, 2.75) is 64.3 Å². The van der Waals surface area contributed by atoms with E-state index in [1.807, 2.05) is 0 Å². The van der Waals surface area contributed by atoms with E-state index < -0.39 is 59.5 Å². The quantitative estimate of drug-likeness (QED) is 0.00735. The van der Waals surface area contributed by atoms with Gasteiger partial charge in [-0.15, -0.1) is 0 Å². The summed E-state index contributed by atoms with van der Waals surface area (Å²) in [4.78, 5) is 90.9. The molecule has 0 saturated carbocycles. The summed E-state index contributed by atoms with van der Waals surface area (Å²) < 4.78 is 72.2. The number of fused-ring (bicyclic) bond motifs is 3. The summed E-state index contributed by atoms with van der Waals surface area (Å²) >= 11 is 0. The summed E-state index contributed by atoms with van der Waals surface area (Å²) in [5, 5.41) is 34.5. The molecule has 1 aliphatic carbocycles. The molecule has 8 N–H and O–H groups in total. The second kappa shape index (κ2) is 22.3. The van der Waals surface area contributed by atoms with Crippen molar-refractivity contribution in [1.29, 1.82) is 0 Å². The van der Waals surface area contributed by atoms with Gasteiger partial charge in [0.1, 0.15) is 40.8 Å². The average Bonchev–Trinajstić information content (AvgIpc) is 3.91. The van der Waals surface area contributed by atoms with Crippen molar-refractivity contribution in [3.63, 3.8) is 0 Å². The molecule has 0 radical (unpaired) electrons. The molecule has 6 atom stereocenters. The van der Waals surface area contributed by atoms with Gasteiger partial charge in [0.2, 0.25) is 0 Å². The molecular formula is C48H45N4O21P3. The molecule has 3 aromatic carbocycles. The number of benzene rings is 4. The minimum absolute atomic E-state index is 0.0504. The van der Waals surface area contributed by atoms with Crippen molar-refractivity contribution in [2.75, 3.05) is 12.3 Å². The highest BCUT2D eigenvalue weighted by atomic mass is 31.3. The number of nitrogens with zero attached hydrogens (tertiary/aromatic N) is 3. The number of aromatic hydroxyl groups is 1. The number of phenols is 1. The predicted octanol–water partition coefficient (Wildman–Crippen LogP) is 7.57. The van der Waals surface area contributed by atoms with Crippen LogP contribution < -0.4 is 15.9 Å². The SMILES string of the molecule is CC(C)C(OCc1cn([C@H]2C[C@@H](O)[C@@H](COP(=O)(O)OP(=O)(O)OP(=O)(O)O)O2)c2nccc(N)c12)c1ccc(C#CCCC(=O)c2ccc(OC=O)c(-c3c4ccc(=O)cc-4oc4cc(O)ccc34)c2)cc1[N+](=O)[O-]. The lowest BCUT2D eigenvalue weighted by atomic mass is 9.91. The Morgan fingerprint density at radius 2 is 1.78 bits per heavy atom. The number of ketones is 1. The molecule has 8 rings (SSSR count). The first kappa shape index (κ1) is 55.3. The first-order valence-electron chi connectivity index (χ1n) is 22.6. The highest BCUT2D eigenvalue weighted by Crippen LogP contribution is 2.66. The number of nitro groups is 1. The lowest BCUT2D eigenvalue weighted by Gasteiger charge is -2.22. The molecule has 1 fully saturated rings. The average molecular weight is 1110 g/mol. The molecule has 0 amide bonds. The molecule has 398 valence electrons. The molecule has 4 heterocycles. The standard InChI is InChI=1S/C48H45N4O21P3/c1-26(2)47(67-23-29-22-51(48-45(29)36(49)15-16-50-48)44-21-39(57)43(71-44)24-69-75(63,64)73-76(65,66)72-74(60,61)62)32-11-7-27(17-37(32)52(58)59)5-3-4-6-38(56)28-8-14-40(68-25-53)35(18-28)46-33-12-9-30(54)19-41(33)70-42-20-31(55)10-13-34(42)46/h7-20,22,25-26,39,43-44,47,54,57H,4,6,21,23-24H2,1-2H3,(H2,49,50)(H,63,64)(H,65,66)(H2,60,61,62)/t39-,43-,44-,47?/m1/s1. The van der Waals surface area contributed by atoms with Gasteiger partial charge in [-0.2, -0.15) is 8.62 Å². The van der Waals surface area contributed by atoms with Gasteiger partial charge in [-0.25, -0.2) is 18.7 Å². The zero-order valence-electron chi connectivity index (χ0n) is 39.7. The molecule has 28 heteroatoms. The number of nitrogens with two attached hydrogens (primary N) is 1. The number of phosphoric acid groups is 3. The van der Waals surface area contributed by atoms with E-state index in [0.29, 0.717) is 33.0 Å². The van der Waals surface area contributed by atoms with Gasteiger partial charge in [-0.05, 0) is 66.6 Å². The van der Waals surface area contributed by atoms with Gasteiger partial charge in [-0.3, -0.25) is 29.0 Å². The number of ether oxygens (including phenoxy) is 3. The zero-order valence-corrected chi connectivity index (χ0v) is 42.4. The smallest absolute Gasteiger partial charge is 0.490 e. The van der Waals surface area contributed by atoms with Crippen LogP contribution in [0.25, 0.3) is 44.5 Å². The Bertz CT molecular complexity index is 3660. The van der Waals surface area contributed by atoms with E-state index in [1.165, 1.54) is 65.4 Å².